The molecule has 0 radical (unpaired) electrons. The number of amides is 1. The number of ether oxygens (including phenoxy) is 2. The van der Waals surface area contributed by atoms with Gasteiger partial charge >= 0.3 is 0 Å². The van der Waals surface area contributed by atoms with Gasteiger partial charge in [-0.15, -0.1) is 21.5 Å². The third kappa shape index (κ3) is 3.90. The predicted molar refractivity (Wildman–Crippen MR) is 87.9 cm³/mol. The van der Waals surface area contributed by atoms with Crippen LogP contribution in [-0.2, 0) is 11.3 Å². The molecule has 0 bridgehead atoms. The summed E-state index contributed by atoms with van der Waals surface area (Å²) in [7, 11) is 1.54. The highest BCUT2D eigenvalue weighted by molar-refractivity contribution is 7.13. The minimum Gasteiger partial charge on any atom is -0.493 e. The van der Waals surface area contributed by atoms with Crippen molar-refractivity contribution < 1.29 is 18.7 Å². The molecule has 3 aromatic rings. The zero-order chi connectivity index (χ0) is 16.8. The number of nitrogens with one attached hydrogen (secondary N) is 1. The summed E-state index contributed by atoms with van der Waals surface area (Å²) in [5, 5.41) is 12.4. The standard InChI is InChI=1S/C16H15N3O4S/c1-21-11-5-2-3-6-12(11)22-10-14(20)17-9-15-18-19-16(23-15)13-7-4-8-24-13/h2-8H,9-10H2,1H3,(H,17,20). The summed E-state index contributed by atoms with van der Waals surface area (Å²) in [5.41, 5.74) is 0. The largest absolute Gasteiger partial charge is 0.493 e. The van der Waals surface area contributed by atoms with Crippen LogP contribution in [0.3, 0.4) is 0 Å². The lowest BCUT2D eigenvalue weighted by Crippen LogP contribution is -2.28. The predicted octanol–water partition coefficient (Wildman–Crippen LogP) is 2.50. The Bertz CT molecular complexity index is 801. The summed E-state index contributed by atoms with van der Waals surface area (Å²) in [5.74, 6) is 1.57. The number of hydrogen-bond donors (Lipinski definition) is 1. The Morgan fingerprint density at radius 2 is 2.04 bits per heavy atom. The van der Waals surface area contributed by atoms with Gasteiger partial charge in [-0.1, -0.05) is 18.2 Å². The molecule has 7 nitrogen and oxygen atoms in total. The van der Waals surface area contributed by atoms with Crippen molar-refractivity contribution in [2.45, 2.75) is 6.54 Å². The Morgan fingerprint density at radius 3 is 2.79 bits per heavy atom. The molecule has 0 atom stereocenters. The first-order valence-electron chi connectivity index (χ1n) is 7.15. The van der Waals surface area contributed by atoms with Gasteiger partial charge in [0.25, 0.3) is 11.8 Å². The van der Waals surface area contributed by atoms with E-state index in [0.29, 0.717) is 23.3 Å². The Morgan fingerprint density at radius 1 is 1.21 bits per heavy atom. The lowest BCUT2D eigenvalue weighted by molar-refractivity contribution is -0.123. The van der Waals surface area contributed by atoms with E-state index in [2.05, 4.69) is 15.5 Å². The Hall–Kier alpha value is -2.87. The molecule has 1 N–H and O–H groups in total. The molecule has 0 unspecified atom stereocenters. The van der Waals surface area contributed by atoms with Crippen LogP contribution in [0.4, 0.5) is 0 Å². The van der Waals surface area contributed by atoms with Crippen molar-refractivity contribution in [2.75, 3.05) is 13.7 Å². The molecule has 1 aromatic carbocycles. The highest BCUT2D eigenvalue weighted by atomic mass is 32.1. The number of carbonyl (C=O) groups excluding carboxylic acids is 1. The number of thiophene rings is 1. The maximum atomic E-state index is 11.9. The molecule has 0 saturated carbocycles. The summed E-state index contributed by atoms with van der Waals surface area (Å²) < 4.78 is 16.1. The van der Waals surface area contributed by atoms with E-state index in [1.54, 1.807) is 25.3 Å². The number of aromatic nitrogens is 2. The van der Waals surface area contributed by atoms with E-state index in [9.17, 15) is 4.79 Å². The van der Waals surface area contributed by atoms with Crippen molar-refractivity contribution in [1.29, 1.82) is 0 Å². The molecule has 0 aliphatic heterocycles. The van der Waals surface area contributed by atoms with Crippen LogP contribution in [0, 0.1) is 0 Å². The van der Waals surface area contributed by atoms with Crippen molar-refractivity contribution in [3.05, 3.63) is 47.7 Å². The number of nitrogens with zero attached hydrogens (tertiary/aromatic N) is 2. The van der Waals surface area contributed by atoms with Gasteiger partial charge in [0.05, 0.1) is 18.5 Å². The second-order valence-electron chi connectivity index (χ2n) is 4.69. The van der Waals surface area contributed by atoms with E-state index in [4.69, 9.17) is 13.9 Å². The quantitative estimate of drug-likeness (QED) is 0.708. The average Bonchev–Trinajstić information content (AvgIpc) is 3.29. The molecule has 0 fully saturated rings. The Balaban J connectivity index is 1.49. The SMILES string of the molecule is COc1ccccc1OCC(=O)NCc1nnc(-c2cccs2)o1. The van der Waals surface area contributed by atoms with Crippen LogP contribution in [0.2, 0.25) is 0 Å². The molecule has 3 rings (SSSR count). The van der Waals surface area contributed by atoms with Gasteiger partial charge < -0.3 is 19.2 Å². The molecule has 124 valence electrons. The van der Waals surface area contributed by atoms with Crippen LogP contribution in [0.1, 0.15) is 5.89 Å². The Kier molecular flexibility index (Phi) is 5.07. The second-order valence-corrected chi connectivity index (χ2v) is 5.64. The highest BCUT2D eigenvalue weighted by Crippen LogP contribution is 2.25. The van der Waals surface area contributed by atoms with Gasteiger partial charge in [-0.2, -0.15) is 0 Å². The first kappa shape index (κ1) is 16.0. The first-order valence-corrected chi connectivity index (χ1v) is 8.03. The second kappa shape index (κ2) is 7.60. The van der Waals surface area contributed by atoms with E-state index in [1.807, 2.05) is 23.6 Å². The molecule has 24 heavy (non-hydrogen) atoms. The van der Waals surface area contributed by atoms with Crippen LogP contribution in [0.25, 0.3) is 10.8 Å². The van der Waals surface area contributed by atoms with Crippen LogP contribution in [-0.4, -0.2) is 29.8 Å². The van der Waals surface area contributed by atoms with Gasteiger partial charge in [0.2, 0.25) is 5.89 Å². The Labute approximate surface area is 142 Å². The monoisotopic (exact) mass is 345 g/mol. The number of benzene rings is 1. The van der Waals surface area contributed by atoms with Gasteiger partial charge in [-0.05, 0) is 23.6 Å². The molecular weight excluding hydrogens is 330 g/mol. The smallest absolute Gasteiger partial charge is 0.258 e. The molecule has 2 aromatic heterocycles. The third-order valence-corrected chi connectivity index (χ3v) is 3.92. The summed E-state index contributed by atoms with van der Waals surface area (Å²) in [6, 6.07) is 10.9. The topological polar surface area (TPSA) is 86.5 Å². The fraction of sp³-hybridized carbons (Fsp3) is 0.188. The number of carbonyl (C=O) groups is 1. The number of hydrogen-bond acceptors (Lipinski definition) is 7. The normalized spacial score (nSPS) is 10.4. The maximum Gasteiger partial charge on any atom is 0.258 e. The fourth-order valence-electron chi connectivity index (χ4n) is 1.93. The van der Waals surface area contributed by atoms with Crippen LogP contribution in [0.15, 0.2) is 46.2 Å². The lowest BCUT2D eigenvalue weighted by Gasteiger charge is -2.09. The van der Waals surface area contributed by atoms with Gasteiger partial charge in [0.1, 0.15) is 0 Å². The van der Waals surface area contributed by atoms with E-state index < -0.39 is 0 Å². The maximum absolute atomic E-state index is 11.9. The molecule has 8 heteroatoms. The van der Waals surface area contributed by atoms with E-state index >= 15 is 0 Å². The summed E-state index contributed by atoms with van der Waals surface area (Å²) in [6.07, 6.45) is 0. The van der Waals surface area contributed by atoms with Crippen LogP contribution in [0.5, 0.6) is 11.5 Å². The van der Waals surface area contributed by atoms with E-state index in [0.717, 1.165) is 4.88 Å². The minimum absolute atomic E-state index is 0.133. The summed E-state index contributed by atoms with van der Waals surface area (Å²) in [6.45, 7) is 0.0127. The van der Waals surface area contributed by atoms with Crippen LogP contribution >= 0.6 is 11.3 Å². The van der Waals surface area contributed by atoms with E-state index in [1.165, 1.54) is 11.3 Å². The minimum atomic E-state index is -0.295. The molecule has 1 amide bonds. The lowest BCUT2D eigenvalue weighted by atomic mass is 10.3. The molecule has 0 aliphatic rings. The zero-order valence-electron chi connectivity index (χ0n) is 12.9. The average molecular weight is 345 g/mol. The van der Waals surface area contributed by atoms with Crippen molar-refractivity contribution in [1.82, 2.24) is 15.5 Å². The zero-order valence-corrected chi connectivity index (χ0v) is 13.7. The molecule has 0 saturated heterocycles. The molecular formula is C16H15N3O4S. The molecule has 0 aliphatic carbocycles. The van der Waals surface area contributed by atoms with Gasteiger partial charge in [0, 0.05) is 0 Å². The van der Waals surface area contributed by atoms with E-state index in [-0.39, 0.29) is 19.1 Å². The third-order valence-electron chi connectivity index (χ3n) is 3.06. The van der Waals surface area contributed by atoms with Crippen molar-refractivity contribution in [3.8, 4) is 22.3 Å². The summed E-state index contributed by atoms with van der Waals surface area (Å²) in [4.78, 5) is 12.7. The van der Waals surface area contributed by atoms with Crippen LogP contribution < -0.4 is 14.8 Å². The number of methoxy groups -OCH3 is 1. The summed E-state index contributed by atoms with van der Waals surface area (Å²) >= 11 is 1.51. The van der Waals surface area contributed by atoms with Gasteiger partial charge in [-0.25, -0.2) is 0 Å². The highest BCUT2D eigenvalue weighted by Gasteiger charge is 2.11. The molecule has 0 spiro atoms. The van der Waals surface area contributed by atoms with Crippen molar-refractivity contribution >= 4 is 17.2 Å². The van der Waals surface area contributed by atoms with Gasteiger partial charge in [0.15, 0.2) is 18.1 Å². The number of rotatable bonds is 7. The first-order chi connectivity index (χ1) is 11.8. The number of para-hydroxylation sites is 2. The molecule has 2 heterocycles. The van der Waals surface area contributed by atoms with Crippen molar-refractivity contribution in [3.63, 3.8) is 0 Å². The van der Waals surface area contributed by atoms with Gasteiger partial charge in [-0.3, -0.25) is 4.79 Å². The van der Waals surface area contributed by atoms with Crippen molar-refractivity contribution in [2.24, 2.45) is 0 Å². The fourth-order valence-corrected chi connectivity index (χ4v) is 2.58.